The Balaban J connectivity index is -0.000000251. The number of nitrogens with zero attached hydrogens (tertiary/aromatic N) is 1. The lowest BCUT2D eigenvalue weighted by molar-refractivity contribution is -0.145. The number of aliphatic carboxylic acids is 4. The Morgan fingerprint density at radius 3 is 1.68 bits per heavy atom. The summed E-state index contributed by atoms with van der Waals surface area (Å²) < 4.78 is 4.69. The third-order valence-electron chi connectivity index (χ3n) is 3.92. The molecular formula is C20H46N4O11P2. The van der Waals surface area contributed by atoms with Crippen molar-refractivity contribution in [3.8, 4) is 0 Å². The molecule has 222 valence electrons. The van der Waals surface area contributed by atoms with E-state index in [1.54, 1.807) is 0 Å². The summed E-state index contributed by atoms with van der Waals surface area (Å²) in [7, 11) is -2.33. The summed E-state index contributed by atoms with van der Waals surface area (Å²) in [4.78, 5) is 60.2. The number of hydrogen-bond donors (Lipinski definition) is 9. The van der Waals surface area contributed by atoms with Crippen LogP contribution < -0.4 is 16.0 Å². The quantitative estimate of drug-likeness (QED) is 0.0506. The Bertz CT molecular complexity index is 588. The highest BCUT2D eigenvalue weighted by Gasteiger charge is 2.19. The molecule has 37 heavy (non-hydrogen) atoms. The van der Waals surface area contributed by atoms with E-state index in [4.69, 9.17) is 34.7 Å². The van der Waals surface area contributed by atoms with Gasteiger partial charge in [-0.05, 0) is 6.42 Å². The van der Waals surface area contributed by atoms with E-state index in [0.29, 0.717) is 13.1 Å². The number of unbranched alkanes of at least 4 members (excludes halogenated alkanes) is 1. The number of nitrogens with one attached hydrogen (secondary N) is 3. The van der Waals surface area contributed by atoms with Gasteiger partial charge in [0.1, 0.15) is 12.8 Å². The van der Waals surface area contributed by atoms with E-state index >= 15 is 0 Å². The van der Waals surface area contributed by atoms with Crippen molar-refractivity contribution in [2.45, 2.75) is 52.5 Å². The minimum absolute atomic E-state index is 0. The smallest absolute Gasteiger partial charge is 0.328 e. The van der Waals surface area contributed by atoms with Gasteiger partial charge in [-0.25, -0.2) is 0 Å². The van der Waals surface area contributed by atoms with E-state index in [1.165, 1.54) is 12.8 Å². The Morgan fingerprint density at radius 2 is 1.30 bits per heavy atom. The van der Waals surface area contributed by atoms with E-state index in [2.05, 4.69) is 29.8 Å². The van der Waals surface area contributed by atoms with Gasteiger partial charge in [-0.3, -0.25) is 28.6 Å². The highest BCUT2D eigenvalue weighted by atomic mass is 31.2. The minimum atomic E-state index is -2.33. The molecular weight excluding hydrogens is 534 g/mol. The van der Waals surface area contributed by atoms with Crippen LogP contribution >= 0.6 is 18.5 Å². The second kappa shape index (κ2) is 30.7. The van der Waals surface area contributed by atoms with Gasteiger partial charge >= 0.3 is 32.5 Å². The summed E-state index contributed by atoms with van der Waals surface area (Å²) in [5.74, 6) is -4.37. The summed E-state index contributed by atoms with van der Waals surface area (Å²) in [5.41, 5.74) is 0. The first-order chi connectivity index (χ1) is 16.9. The van der Waals surface area contributed by atoms with Gasteiger partial charge in [0.05, 0.1) is 19.5 Å². The van der Waals surface area contributed by atoms with Crippen molar-refractivity contribution < 1.29 is 53.9 Å². The summed E-state index contributed by atoms with van der Waals surface area (Å²) in [6.45, 7) is 8.51. The zero-order valence-electron chi connectivity index (χ0n) is 21.9. The van der Waals surface area contributed by atoms with Gasteiger partial charge in [0.25, 0.3) is 0 Å². The zero-order chi connectivity index (χ0) is 28.4. The van der Waals surface area contributed by atoms with E-state index in [-0.39, 0.29) is 42.8 Å². The first kappa shape index (κ1) is 42.5. The molecule has 0 spiro atoms. The minimum Gasteiger partial charge on any atom is -0.481 e. The standard InChI is InChI=1S/C8H14N2O6.C8H19N2O5P.C4H10.H3P/c11-6(12)3-5(8(15)16)10-2-1-9-4-7(13)14;1-2-4-10(7-15-16(13)14)5-3-9-6-8(11)12;1-3-4-2;/h5,9-10H,1-4H2,(H,11,12)(H,13,14)(H,15,16);9,13-14H,2-7H2,1H3,(H,11,12);3-4H2,1-2H3;1H3. The molecule has 0 bridgehead atoms. The molecule has 0 aliphatic carbocycles. The third kappa shape index (κ3) is 39.1. The second-order valence-corrected chi connectivity index (χ2v) is 7.98. The van der Waals surface area contributed by atoms with Gasteiger partial charge in [-0.1, -0.05) is 33.6 Å². The van der Waals surface area contributed by atoms with Gasteiger partial charge in [-0.2, -0.15) is 9.90 Å². The number of carboxylic acid groups (broad SMARTS) is 4. The Kier molecular flexibility index (Phi) is 35.3. The highest BCUT2D eigenvalue weighted by Crippen LogP contribution is 2.24. The van der Waals surface area contributed by atoms with Crippen LogP contribution in [0.4, 0.5) is 0 Å². The van der Waals surface area contributed by atoms with Crippen molar-refractivity contribution in [3.63, 3.8) is 0 Å². The molecule has 0 fully saturated rings. The molecule has 0 aromatic rings. The van der Waals surface area contributed by atoms with Crippen LogP contribution in [0, 0.1) is 0 Å². The molecule has 0 aliphatic heterocycles. The number of rotatable bonds is 20. The molecule has 0 saturated carbocycles. The number of hydrogen-bond acceptors (Lipinski definition) is 11. The topological polar surface area (TPSA) is 238 Å². The van der Waals surface area contributed by atoms with Crippen LogP contribution in [0.25, 0.3) is 0 Å². The van der Waals surface area contributed by atoms with Crippen molar-refractivity contribution in [3.05, 3.63) is 0 Å². The molecule has 17 heteroatoms. The molecule has 2 atom stereocenters. The predicted molar refractivity (Wildman–Crippen MR) is 144 cm³/mol. The zero-order valence-corrected chi connectivity index (χ0v) is 24.2. The fraction of sp³-hybridized carbons (Fsp3) is 0.800. The average Bonchev–Trinajstić information content (AvgIpc) is 2.79. The molecule has 0 rings (SSSR count). The molecule has 2 unspecified atom stereocenters. The summed E-state index contributed by atoms with van der Waals surface area (Å²) in [6.07, 6.45) is 3.03. The SMILES string of the molecule is CCCC.CCCN(CCNCC(=O)O)COP(O)O.O=C(O)CNCCNC(CC(=O)O)C(=O)O.P. The maximum atomic E-state index is 10.6. The molecule has 0 heterocycles. The lowest BCUT2D eigenvalue weighted by Crippen LogP contribution is -2.42. The largest absolute Gasteiger partial charge is 0.481 e. The third-order valence-corrected chi connectivity index (χ3v) is 4.27. The van der Waals surface area contributed by atoms with E-state index in [1.807, 2.05) is 11.8 Å². The normalized spacial score (nSPS) is 10.9. The Hall–Kier alpha value is -1.54. The molecule has 0 aliphatic rings. The van der Waals surface area contributed by atoms with Crippen molar-refractivity contribution in [1.29, 1.82) is 0 Å². The van der Waals surface area contributed by atoms with Crippen LogP contribution in [0.2, 0.25) is 0 Å². The van der Waals surface area contributed by atoms with E-state index in [0.717, 1.165) is 13.0 Å². The first-order valence-corrected chi connectivity index (χ1v) is 12.6. The van der Waals surface area contributed by atoms with Crippen LogP contribution in [0.3, 0.4) is 0 Å². The molecule has 9 N–H and O–H groups in total. The van der Waals surface area contributed by atoms with Gasteiger partial charge in [0.15, 0.2) is 0 Å². The van der Waals surface area contributed by atoms with Gasteiger partial charge in [0, 0.05) is 32.7 Å². The summed E-state index contributed by atoms with van der Waals surface area (Å²) in [6, 6.07) is -1.16. The van der Waals surface area contributed by atoms with E-state index in [9.17, 15) is 19.2 Å². The Morgan fingerprint density at radius 1 is 0.784 bits per heavy atom. The van der Waals surface area contributed by atoms with Gasteiger partial charge < -0.3 is 46.2 Å². The fourth-order valence-electron chi connectivity index (χ4n) is 2.07. The molecule has 0 aromatic carbocycles. The monoisotopic (exact) mass is 580 g/mol. The van der Waals surface area contributed by atoms with Crippen molar-refractivity contribution in [2.24, 2.45) is 0 Å². The first-order valence-electron chi connectivity index (χ1n) is 11.5. The predicted octanol–water partition coefficient (Wildman–Crippen LogP) is -0.399. The molecule has 0 amide bonds. The molecule has 0 saturated heterocycles. The van der Waals surface area contributed by atoms with Crippen LogP contribution in [-0.4, -0.2) is 118 Å². The van der Waals surface area contributed by atoms with Gasteiger partial charge in [0.2, 0.25) is 0 Å². The molecule has 15 nitrogen and oxygen atoms in total. The van der Waals surface area contributed by atoms with Crippen molar-refractivity contribution in [1.82, 2.24) is 20.9 Å². The number of carbonyl (C=O) groups is 4. The Labute approximate surface area is 222 Å². The van der Waals surface area contributed by atoms with Crippen LogP contribution in [0.1, 0.15) is 46.5 Å². The molecule has 0 radical (unpaired) electrons. The lowest BCUT2D eigenvalue weighted by atomic mass is 10.2. The highest BCUT2D eigenvalue weighted by molar-refractivity contribution is 7.39. The van der Waals surface area contributed by atoms with Crippen LogP contribution in [0.5, 0.6) is 0 Å². The summed E-state index contributed by atoms with van der Waals surface area (Å²) >= 11 is 0. The van der Waals surface area contributed by atoms with E-state index < -0.39 is 44.9 Å². The maximum Gasteiger partial charge on any atom is 0.328 e. The van der Waals surface area contributed by atoms with Crippen molar-refractivity contribution >= 4 is 42.4 Å². The summed E-state index contributed by atoms with van der Waals surface area (Å²) in [5, 5.41) is 41.5. The second-order valence-electron chi connectivity index (χ2n) is 7.21. The van der Waals surface area contributed by atoms with Gasteiger partial charge in [-0.15, -0.1) is 0 Å². The lowest BCUT2D eigenvalue weighted by Gasteiger charge is -2.21. The van der Waals surface area contributed by atoms with Crippen LogP contribution in [0.15, 0.2) is 0 Å². The number of carboxylic acids is 4. The maximum absolute atomic E-state index is 10.6. The average molecular weight is 581 g/mol. The van der Waals surface area contributed by atoms with Crippen molar-refractivity contribution in [2.75, 3.05) is 52.5 Å². The fourth-order valence-corrected chi connectivity index (χ4v) is 2.34. The molecule has 0 aromatic heterocycles. The van der Waals surface area contributed by atoms with Crippen LogP contribution in [-0.2, 0) is 23.7 Å².